The van der Waals surface area contributed by atoms with E-state index in [4.69, 9.17) is 4.98 Å². The minimum absolute atomic E-state index is 0.864. The molecule has 0 aliphatic heterocycles. The molecule has 0 atom stereocenters. The van der Waals surface area contributed by atoms with Gasteiger partial charge >= 0.3 is 0 Å². The summed E-state index contributed by atoms with van der Waals surface area (Å²) in [7, 11) is 0. The van der Waals surface area contributed by atoms with Crippen molar-refractivity contribution in [2.24, 2.45) is 0 Å². The van der Waals surface area contributed by atoms with E-state index in [1.165, 1.54) is 39.3 Å². The number of imidazole rings is 1. The normalized spacial score (nSPS) is 11.2. The highest BCUT2D eigenvalue weighted by molar-refractivity contribution is 7.99. The fourth-order valence-corrected chi connectivity index (χ4v) is 4.41. The first-order valence-corrected chi connectivity index (χ1v) is 11.4. The molecular formula is C26H28N2S. The number of fused-ring (bicyclic) bond motifs is 1. The molecule has 3 aromatic carbocycles. The Kier molecular flexibility index (Phi) is 6.36. The van der Waals surface area contributed by atoms with Crippen molar-refractivity contribution in [1.29, 1.82) is 0 Å². The molecule has 0 amide bonds. The Hall–Kier alpha value is -2.52. The van der Waals surface area contributed by atoms with Crippen LogP contribution in [0.2, 0.25) is 0 Å². The molecule has 0 unspecified atom stereocenters. The summed E-state index contributed by atoms with van der Waals surface area (Å²) < 4.78 is 2.42. The van der Waals surface area contributed by atoms with E-state index in [1.807, 2.05) is 11.8 Å². The Morgan fingerprint density at radius 3 is 2.41 bits per heavy atom. The average Bonchev–Trinajstić information content (AvgIpc) is 3.10. The van der Waals surface area contributed by atoms with E-state index in [-0.39, 0.29) is 0 Å². The van der Waals surface area contributed by atoms with Crippen LogP contribution in [0.15, 0.2) is 77.7 Å². The topological polar surface area (TPSA) is 17.8 Å². The van der Waals surface area contributed by atoms with Gasteiger partial charge in [-0.25, -0.2) is 4.98 Å². The first-order valence-electron chi connectivity index (χ1n) is 10.4. The number of hydrogen-bond acceptors (Lipinski definition) is 2. The number of thioether (sulfide) groups is 1. The van der Waals surface area contributed by atoms with Gasteiger partial charge in [-0.15, -0.1) is 11.8 Å². The monoisotopic (exact) mass is 400 g/mol. The van der Waals surface area contributed by atoms with Gasteiger partial charge in [0, 0.05) is 17.9 Å². The molecule has 0 radical (unpaired) electrons. The lowest BCUT2D eigenvalue weighted by atomic mass is 10.1. The Labute approximate surface area is 178 Å². The van der Waals surface area contributed by atoms with Gasteiger partial charge in [-0.3, -0.25) is 0 Å². The Balaban J connectivity index is 1.68. The van der Waals surface area contributed by atoms with Crippen molar-refractivity contribution < 1.29 is 0 Å². The van der Waals surface area contributed by atoms with E-state index in [2.05, 4.69) is 91.2 Å². The van der Waals surface area contributed by atoms with Gasteiger partial charge < -0.3 is 4.57 Å². The highest BCUT2D eigenvalue weighted by Crippen LogP contribution is 2.26. The molecule has 148 valence electrons. The largest absolute Gasteiger partial charge is 0.323 e. The Morgan fingerprint density at radius 1 is 0.862 bits per heavy atom. The lowest BCUT2D eigenvalue weighted by Crippen LogP contribution is -2.06. The van der Waals surface area contributed by atoms with E-state index in [9.17, 15) is 0 Å². The zero-order chi connectivity index (χ0) is 20.1. The smallest absolute Gasteiger partial charge is 0.110 e. The molecule has 0 saturated heterocycles. The lowest BCUT2D eigenvalue weighted by molar-refractivity contribution is 0.729. The first-order chi connectivity index (χ1) is 14.2. The van der Waals surface area contributed by atoms with Crippen molar-refractivity contribution in [1.82, 2.24) is 9.55 Å². The van der Waals surface area contributed by atoms with E-state index in [0.29, 0.717) is 0 Å². The van der Waals surface area contributed by atoms with Crippen LogP contribution in [0.5, 0.6) is 0 Å². The van der Waals surface area contributed by atoms with Crippen LogP contribution < -0.4 is 0 Å². The molecule has 0 saturated carbocycles. The second-order valence-electron chi connectivity index (χ2n) is 7.58. The maximum atomic E-state index is 5.02. The molecule has 0 fully saturated rings. The molecule has 0 bridgehead atoms. The summed E-state index contributed by atoms with van der Waals surface area (Å²) in [5.74, 6) is 2.32. The van der Waals surface area contributed by atoms with E-state index < -0.39 is 0 Å². The second-order valence-corrected chi connectivity index (χ2v) is 8.75. The summed E-state index contributed by atoms with van der Waals surface area (Å²) in [6.07, 6.45) is 3.14. The summed E-state index contributed by atoms with van der Waals surface area (Å²) in [5.41, 5.74) is 6.32. The average molecular weight is 401 g/mol. The summed E-state index contributed by atoms with van der Waals surface area (Å²) in [4.78, 5) is 6.35. The Bertz CT molecular complexity index is 1070. The van der Waals surface area contributed by atoms with Gasteiger partial charge in [0.05, 0.1) is 11.0 Å². The molecule has 4 aromatic rings. The van der Waals surface area contributed by atoms with Crippen LogP contribution in [-0.4, -0.2) is 15.3 Å². The van der Waals surface area contributed by atoms with Crippen LogP contribution in [0.25, 0.3) is 11.0 Å². The van der Waals surface area contributed by atoms with Crippen molar-refractivity contribution in [2.75, 3.05) is 5.75 Å². The maximum absolute atomic E-state index is 5.02. The molecule has 4 rings (SSSR count). The molecule has 1 aromatic heterocycles. The quantitative estimate of drug-likeness (QED) is 0.307. The van der Waals surface area contributed by atoms with Crippen LogP contribution in [0.3, 0.4) is 0 Å². The molecule has 29 heavy (non-hydrogen) atoms. The third-order valence-corrected chi connectivity index (χ3v) is 6.41. The highest BCUT2D eigenvalue weighted by atomic mass is 32.2. The summed E-state index contributed by atoms with van der Waals surface area (Å²) in [5, 5.41) is 0. The van der Waals surface area contributed by atoms with Crippen molar-refractivity contribution in [3.63, 3.8) is 0 Å². The molecule has 0 aliphatic carbocycles. The van der Waals surface area contributed by atoms with Gasteiger partial charge in [0.2, 0.25) is 0 Å². The van der Waals surface area contributed by atoms with Crippen LogP contribution in [0.1, 0.15) is 35.9 Å². The van der Waals surface area contributed by atoms with E-state index in [1.54, 1.807) is 0 Å². The minimum atomic E-state index is 0.864. The first kappa shape index (κ1) is 19.8. The summed E-state index contributed by atoms with van der Waals surface area (Å²) in [6.45, 7) is 5.23. The molecular weight excluding hydrogens is 372 g/mol. The zero-order valence-corrected chi connectivity index (χ0v) is 18.1. The van der Waals surface area contributed by atoms with E-state index in [0.717, 1.165) is 30.7 Å². The molecule has 1 heterocycles. The van der Waals surface area contributed by atoms with Crippen LogP contribution in [-0.2, 0) is 19.4 Å². The predicted octanol–water partition coefficient (Wildman–Crippen LogP) is 6.68. The number of rotatable bonds is 8. The van der Waals surface area contributed by atoms with Gasteiger partial charge in [-0.05, 0) is 54.8 Å². The number of aromatic nitrogens is 2. The predicted molar refractivity (Wildman–Crippen MR) is 125 cm³/mol. The third kappa shape index (κ3) is 4.91. The van der Waals surface area contributed by atoms with Crippen molar-refractivity contribution in [3.8, 4) is 0 Å². The number of benzene rings is 3. The van der Waals surface area contributed by atoms with Crippen LogP contribution >= 0.6 is 11.8 Å². The highest BCUT2D eigenvalue weighted by Gasteiger charge is 2.12. The third-order valence-electron chi connectivity index (χ3n) is 5.21. The van der Waals surface area contributed by atoms with Crippen LogP contribution in [0.4, 0.5) is 0 Å². The maximum Gasteiger partial charge on any atom is 0.110 e. The SMILES string of the molecule is CCCSc1ccc2nc(CCc3ccccc3)n(Cc3ccc(C)cc3)c2c1. The molecule has 3 heteroatoms. The lowest BCUT2D eigenvalue weighted by Gasteiger charge is -2.11. The van der Waals surface area contributed by atoms with Crippen LogP contribution in [0, 0.1) is 6.92 Å². The standard InChI is InChI=1S/C26H28N2S/c1-3-17-29-23-14-15-24-25(18-23)28(19-22-11-9-20(2)10-12-22)26(27-24)16-13-21-7-5-4-6-8-21/h4-12,14-15,18H,3,13,16-17,19H2,1-2H3. The fraction of sp³-hybridized carbons (Fsp3) is 0.269. The molecule has 0 aliphatic rings. The number of hydrogen-bond donors (Lipinski definition) is 0. The summed E-state index contributed by atoms with van der Waals surface area (Å²) in [6, 6.07) is 26.3. The molecule has 0 N–H and O–H groups in total. The van der Waals surface area contributed by atoms with Gasteiger partial charge in [-0.1, -0.05) is 67.1 Å². The van der Waals surface area contributed by atoms with Crippen molar-refractivity contribution in [3.05, 3.63) is 95.3 Å². The number of aryl methyl sites for hydroxylation is 3. The van der Waals surface area contributed by atoms with Crippen molar-refractivity contribution in [2.45, 2.75) is 44.6 Å². The van der Waals surface area contributed by atoms with E-state index >= 15 is 0 Å². The zero-order valence-electron chi connectivity index (χ0n) is 17.3. The molecule has 0 spiro atoms. The number of nitrogens with zero attached hydrogens (tertiary/aromatic N) is 2. The van der Waals surface area contributed by atoms with Gasteiger partial charge in [0.15, 0.2) is 0 Å². The summed E-state index contributed by atoms with van der Waals surface area (Å²) >= 11 is 1.93. The van der Waals surface area contributed by atoms with Crippen molar-refractivity contribution >= 4 is 22.8 Å². The fourth-order valence-electron chi connectivity index (χ4n) is 3.61. The second kappa shape index (κ2) is 9.32. The molecule has 2 nitrogen and oxygen atoms in total. The Morgan fingerprint density at radius 2 is 1.66 bits per heavy atom. The van der Waals surface area contributed by atoms with Gasteiger partial charge in [0.25, 0.3) is 0 Å². The van der Waals surface area contributed by atoms with Gasteiger partial charge in [-0.2, -0.15) is 0 Å². The van der Waals surface area contributed by atoms with Gasteiger partial charge in [0.1, 0.15) is 5.82 Å². The minimum Gasteiger partial charge on any atom is -0.323 e.